The Labute approximate surface area is 117 Å². The summed E-state index contributed by atoms with van der Waals surface area (Å²) in [5.74, 6) is 0. The monoisotopic (exact) mass is 296 g/mol. The number of hydrogen-bond acceptors (Lipinski definition) is 4. The predicted molar refractivity (Wildman–Crippen MR) is 77.2 cm³/mol. The molecule has 0 unspecified atom stereocenters. The maximum atomic E-state index is 11.3. The van der Waals surface area contributed by atoms with Crippen LogP contribution in [0.3, 0.4) is 0 Å². The molecule has 0 saturated heterocycles. The van der Waals surface area contributed by atoms with Crippen LogP contribution in [0.1, 0.15) is 11.1 Å². The van der Waals surface area contributed by atoms with Gasteiger partial charge < -0.3 is 4.74 Å². The van der Waals surface area contributed by atoms with Crippen molar-refractivity contribution < 1.29 is 13.2 Å². The molecule has 0 aliphatic rings. The smallest absolute Gasteiger partial charge is 0.175 e. The summed E-state index contributed by atoms with van der Waals surface area (Å²) in [5.41, 5.74) is 2.27. The Kier molecular flexibility index (Phi) is 4.74. The van der Waals surface area contributed by atoms with Crippen LogP contribution in [0.4, 0.5) is 0 Å². The lowest BCUT2D eigenvalue weighted by Crippen LogP contribution is -2.00. The number of benzene rings is 1. The first-order chi connectivity index (χ1) is 9.05. The highest BCUT2D eigenvalue weighted by atomic mass is 32.2. The number of sulfone groups is 1. The van der Waals surface area contributed by atoms with Crippen molar-refractivity contribution in [2.24, 2.45) is 0 Å². The van der Waals surface area contributed by atoms with Crippen LogP contribution in [0.15, 0.2) is 46.0 Å². The van der Waals surface area contributed by atoms with Crippen LogP contribution in [0.5, 0.6) is 0 Å². The summed E-state index contributed by atoms with van der Waals surface area (Å²) in [6, 6.07) is 8.91. The lowest BCUT2D eigenvalue weighted by Gasteiger charge is -2.05. The fraction of sp³-hybridized carbons (Fsp3) is 0.286. The van der Waals surface area contributed by atoms with Crippen molar-refractivity contribution in [3.8, 4) is 0 Å². The van der Waals surface area contributed by atoms with Gasteiger partial charge in [0, 0.05) is 6.26 Å². The Morgan fingerprint density at radius 2 is 1.84 bits per heavy atom. The summed E-state index contributed by atoms with van der Waals surface area (Å²) in [4.78, 5) is 0.342. The summed E-state index contributed by atoms with van der Waals surface area (Å²) in [5, 5.41) is 4.17. The van der Waals surface area contributed by atoms with Crippen molar-refractivity contribution >= 4 is 21.2 Å². The Morgan fingerprint density at radius 3 is 2.42 bits per heavy atom. The molecule has 0 spiro atoms. The third-order valence-electron chi connectivity index (χ3n) is 2.74. The van der Waals surface area contributed by atoms with E-state index in [1.165, 1.54) is 11.8 Å². The minimum Gasteiger partial charge on any atom is -0.376 e. The lowest BCUT2D eigenvalue weighted by atomic mass is 10.2. The average molecular weight is 296 g/mol. The van der Waals surface area contributed by atoms with Gasteiger partial charge in [0.2, 0.25) is 0 Å². The van der Waals surface area contributed by atoms with Crippen molar-refractivity contribution in [2.75, 3.05) is 12.9 Å². The molecule has 0 aliphatic heterocycles. The van der Waals surface area contributed by atoms with E-state index in [1.807, 2.05) is 0 Å². The molecule has 0 N–H and O–H groups in total. The highest BCUT2D eigenvalue weighted by Crippen LogP contribution is 2.11. The van der Waals surface area contributed by atoms with Crippen LogP contribution in [0.25, 0.3) is 0 Å². The van der Waals surface area contributed by atoms with Gasteiger partial charge >= 0.3 is 0 Å². The first-order valence-corrected chi connectivity index (χ1v) is 8.77. The molecule has 0 atom stereocenters. The van der Waals surface area contributed by atoms with Crippen LogP contribution in [0, 0.1) is 0 Å². The topological polar surface area (TPSA) is 43.4 Å². The summed E-state index contributed by atoms with van der Waals surface area (Å²) in [7, 11) is -3.11. The summed E-state index contributed by atoms with van der Waals surface area (Å²) < 4.78 is 28.2. The minimum atomic E-state index is -3.11. The maximum absolute atomic E-state index is 11.3. The maximum Gasteiger partial charge on any atom is 0.175 e. The minimum absolute atomic E-state index is 0.342. The molecular weight excluding hydrogens is 280 g/mol. The summed E-state index contributed by atoms with van der Waals surface area (Å²) >= 11 is 1.69. The van der Waals surface area contributed by atoms with Gasteiger partial charge in [0.1, 0.15) is 0 Å². The number of rotatable bonds is 6. The summed E-state index contributed by atoms with van der Waals surface area (Å²) in [6.07, 6.45) is 2.12. The normalized spacial score (nSPS) is 11.6. The van der Waals surface area contributed by atoms with Gasteiger partial charge in [0.15, 0.2) is 9.84 Å². The van der Waals surface area contributed by atoms with E-state index in [9.17, 15) is 8.42 Å². The molecule has 0 amide bonds. The van der Waals surface area contributed by atoms with Crippen LogP contribution in [-0.4, -0.2) is 21.3 Å². The number of hydrogen-bond donors (Lipinski definition) is 0. The second kappa shape index (κ2) is 6.32. The van der Waals surface area contributed by atoms with Gasteiger partial charge in [-0.05, 0) is 46.5 Å². The molecular formula is C14H16O3S2. The summed E-state index contributed by atoms with van der Waals surface area (Å²) in [6.45, 7) is 1.18. The zero-order valence-electron chi connectivity index (χ0n) is 10.7. The van der Waals surface area contributed by atoms with Crippen LogP contribution in [0.2, 0.25) is 0 Å². The molecule has 102 valence electrons. The van der Waals surface area contributed by atoms with Gasteiger partial charge in [-0.2, -0.15) is 11.3 Å². The molecule has 1 aromatic carbocycles. The molecule has 0 bridgehead atoms. The van der Waals surface area contributed by atoms with Gasteiger partial charge in [-0.3, -0.25) is 0 Å². The van der Waals surface area contributed by atoms with E-state index in [4.69, 9.17) is 4.74 Å². The SMILES string of the molecule is CS(=O)(=O)c1ccc(COCCc2ccsc2)cc1. The van der Waals surface area contributed by atoms with E-state index in [1.54, 1.807) is 35.6 Å². The molecule has 0 radical (unpaired) electrons. The van der Waals surface area contributed by atoms with Crippen molar-refractivity contribution in [3.63, 3.8) is 0 Å². The zero-order valence-corrected chi connectivity index (χ0v) is 12.3. The van der Waals surface area contributed by atoms with E-state index >= 15 is 0 Å². The van der Waals surface area contributed by atoms with Gasteiger partial charge in [0.25, 0.3) is 0 Å². The van der Waals surface area contributed by atoms with E-state index in [0.717, 1.165) is 12.0 Å². The third-order valence-corrected chi connectivity index (χ3v) is 4.60. The standard InChI is InChI=1S/C14H16O3S2/c1-19(15,16)14-4-2-12(3-5-14)10-17-8-6-13-7-9-18-11-13/h2-5,7,9,11H,6,8,10H2,1H3. The Morgan fingerprint density at radius 1 is 1.11 bits per heavy atom. The number of thiophene rings is 1. The molecule has 2 aromatic rings. The molecule has 19 heavy (non-hydrogen) atoms. The Hall–Kier alpha value is -1.17. The van der Waals surface area contributed by atoms with Gasteiger partial charge in [0.05, 0.1) is 18.1 Å². The van der Waals surface area contributed by atoms with Gasteiger partial charge in [-0.25, -0.2) is 8.42 Å². The van der Waals surface area contributed by atoms with Gasteiger partial charge in [-0.15, -0.1) is 0 Å². The molecule has 1 aromatic heterocycles. The molecule has 3 nitrogen and oxygen atoms in total. The first kappa shape index (κ1) is 14.2. The van der Waals surface area contributed by atoms with Crippen molar-refractivity contribution in [3.05, 3.63) is 52.2 Å². The second-order valence-corrected chi connectivity index (χ2v) is 7.15. The fourth-order valence-electron chi connectivity index (χ4n) is 1.65. The molecule has 0 saturated carbocycles. The Bertz CT molecular complexity index is 599. The fourth-order valence-corrected chi connectivity index (χ4v) is 2.98. The van der Waals surface area contributed by atoms with Crippen molar-refractivity contribution in [1.82, 2.24) is 0 Å². The van der Waals surface area contributed by atoms with E-state index in [2.05, 4.69) is 16.8 Å². The van der Waals surface area contributed by atoms with Crippen LogP contribution < -0.4 is 0 Å². The van der Waals surface area contributed by atoms with E-state index in [0.29, 0.717) is 18.1 Å². The highest BCUT2D eigenvalue weighted by molar-refractivity contribution is 7.90. The molecule has 5 heteroatoms. The number of ether oxygens (including phenoxy) is 1. The van der Waals surface area contributed by atoms with Crippen molar-refractivity contribution in [2.45, 2.75) is 17.9 Å². The predicted octanol–water partition coefficient (Wildman–Crippen LogP) is 2.91. The van der Waals surface area contributed by atoms with Crippen LogP contribution >= 0.6 is 11.3 Å². The van der Waals surface area contributed by atoms with Crippen LogP contribution in [-0.2, 0) is 27.6 Å². The Balaban J connectivity index is 1.80. The van der Waals surface area contributed by atoms with Crippen molar-refractivity contribution in [1.29, 1.82) is 0 Å². The van der Waals surface area contributed by atoms with Gasteiger partial charge in [-0.1, -0.05) is 12.1 Å². The zero-order chi connectivity index (χ0) is 13.7. The molecule has 0 fully saturated rings. The van der Waals surface area contributed by atoms with E-state index in [-0.39, 0.29) is 0 Å². The average Bonchev–Trinajstić information content (AvgIpc) is 2.87. The molecule has 2 rings (SSSR count). The lowest BCUT2D eigenvalue weighted by molar-refractivity contribution is 0.124. The second-order valence-electron chi connectivity index (χ2n) is 4.35. The third kappa shape index (κ3) is 4.45. The molecule has 0 aliphatic carbocycles. The van der Waals surface area contributed by atoms with E-state index < -0.39 is 9.84 Å². The largest absolute Gasteiger partial charge is 0.376 e. The quantitative estimate of drug-likeness (QED) is 0.770. The first-order valence-electron chi connectivity index (χ1n) is 5.93. The molecule has 1 heterocycles. The highest BCUT2D eigenvalue weighted by Gasteiger charge is 2.05.